The molecule has 1 aliphatic rings. The van der Waals surface area contributed by atoms with Crippen molar-refractivity contribution in [2.24, 2.45) is 0 Å². The van der Waals surface area contributed by atoms with Crippen LogP contribution in [-0.2, 0) is 0 Å². The molecular formula is C3H7N2NaO. The summed E-state index contributed by atoms with van der Waals surface area (Å²) in [6, 6.07) is -0.0463. The van der Waals surface area contributed by atoms with E-state index < -0.39 is 0 Å². The van der Waals surface area contributed by atoms with E-state index in [2.05, 4.69) is 10.6 Å². The van der Waals surface area contributed by atoms with Crippen LogP contribution in [0.5, 0.6) is 0 Å². The third-order valence-electron chi connectivity index (χ3n) is 0.696. The van der Waals surface area contributed by atoms with Crippen molar-refractivity contribution in [1.29, 1.82) is 0 Å². The van der Waals surface area contributed by atoms with Crippen LogP contribution in [0, 0.1) is 0 Å². The van der Waals surface area contributed by atoms with Gasteiger partial charge in [0.05, 0.1) is 0 Å². The van der Waals surface area contributed by atoms with Crippen LogP contribution in [0.1, 0.15) is 0 Å². The van der Waals surface area contributed by atoms with Crippen LogP contribution in [0.3, 0.4) is 0 Å². The first-order valence-electron chi connectivity index (χ1n) is 1.91. The van der Waals surface area contributed by atoms with Crippen LogP contribution in [-0.4, -0.2) is 48.7 Å². The molecule has 0 saturated carbocycles. The Bertz CT molecular complexity index is 67.3. The normalized spacial score (nSPS) is 16.9. The summed E-state index contributed by atoms with van der Waals surface area (Å²) in [4.78, 5) is 10.0. The van der Waals surface area contributed by atoms with Gasteiger partial charge < -0.3 is 10.6 Å². The fourth-order valence-corrected chi connectivity index (χ4v) is 0.415. The summed E-state index contributed by atoms with van der Waals surface area (Å²) in [5.41, 5.74) is 0. The van der Waals surface area contributed by atoms with E-state index >= 15 is 0 Å². The number of nitrogens with one attached hydrogen (secondary N) is 2. The Labute approximate surface area is 64.1 Å². The molecule has 3 nitrogen and oxygen atoms in total. The zero-order valence-corrected chi connectivity index (χ0v) is 3.32. The Balaban J connectivity index is 0.000000360. The average molecular weight is 110 g/mol. The second kappa shape index (κ2) is 3.29. The molecule has 0 spiro atoms. The van der Waals surface area contributed by atoms with Crippen molar-refractivity contribution < 1.29 is 4.79 Å². The molecule has 1 heterocycles. The molecule has 0 aliphatic carbocycles. The molecule has 1 rings (SSSR count). The van der Waals surface area contributed by atoms with Gasteiger partial charge in [0.15, 0.2) is 0 Å². The van der Waals surface area contributed by atoms with E-state index in [1.165, 1.54) is 0 Å². The van der Waals surface area contributed by atoms with E-state index in [0.717, 1.165) is 13.1 Å². The van der Waals surface area contributed by atoms with Crippen molar-refractivity contribution in [1.82, 2.24) is 10.6 Å². The zero-order chi connectivity index (χ0) is 4.41. The van der Waals surface area contributed by atoms with Crippen molar-refractivity contribution in [3.8, 4) is 0 Å². The van der Waals surface area contributed by atoms with Gasteiger partial charge in [0.1, 0.15) is 0 Å². The maximum absolute atomic E-state index is 10.0. The first kappa shape index (κ1) is 7.27. The van der Waals surface area contributed by atoms with E-state index in [4.69, 9.17) is 0 Å². The average Bonchev–Trinajstić information content (AvgIpc) is 1.86. The van der Waals surface area contributed by atoms with Crippen LogP contribution >= 0.6 is 0 Å². The second-order valence-corrected chi connectivity index (χ2v) is 1.18. The summed E-state index contributed by atoms with van der Waals surface area (Å²) in [5, 5.41) is 5.14. The molecule has 7 heavy (non-hydrogen) atoms. The molecule has 36 valence electrons. The molecule has 0 aromatic carbocycles. The molecule has 1 aliphatic heterocycles. The zero-order valence-electron chi connectivity index (χ0n) is 3.32. The molecule has 0 aromatic rings. The van der Waals surface area contributed by atoms with Crippen LogP contribution in [0.15, 0.2) is 0 Å². The summed E-state index contributed by atoms with van der Waals surface area (Å²) in [7, 11) is 0. The van der Waals surface area contributed by atoms with Crippen LogP contribution in [0.2, 0.25) is 0 Å². The van der Waals surface area contributed by atoms with Gasteiger partial charge in [-0.2, -0.15) is 0 Å². The quantitative estimate of drug-likeness (QED) is 0.372. The fourth-order valence-electron chi connectivity index (χ4n) is 0.415. The number of hydrogen-bond acceptors (Lipinski definition) is 1. The number of carbonyl (C=O) groups is 1. The van der Waals surface area contributed by atoms with Crippen molar-refractivity contribution in [2.45, 2.75) is 0 Å². The van der Waals surface area contributed by atoms with Gasteiger partial charge in [0.25, 0.3) is 0 Å². The molecule has 1 fully saturated rings. The first-order valence-corrected chi connectivity index (χ1v) is 1.91. The van der Waals surface area contributed by atoms with Crippen molar-refractivity contribution >= 4 is 35.6 Å². The standard InChI is InChI=1S/C3H6N2O.Na.H/c6-3-4-1-2-5-3;;/h1-2H2,(H2,4,5,6);;. The molecular weight excluding hydrogens is 103 g/mol. The minimum absolute atomic E-state index is 0. The first-order chi connectivity index (χ1) is 2.89. The number of carbonyl (C=O) groups excluding carboxylic acids is 1. The Morgan fingerprint density at radius 3 is 1.86 bits per heavy atom. The van der Waals surface area contributed by atoms with Crippen LogP contribution in [0.25, 0.3) is 0 Å². The van der Waals surface area contributed by atoms with E-state index in [0.29, 0.717) is 0 Å². The molecule has 1 saturated heterocycles. The third-order valence-corrected chi connectivity index (χ3v) is 0.696. The summed E-state index contributed by atoms with van der Waals surface area (Å²) >= 11 is 0. The fraction of sp³-hybridized carbons (Fsp3) is 0.667. The van der Waals surface area contributed by atoms with E-state index in [1.807, 2.05) is 0 Å². The Morgan fingerprint density at radius 1 is 1.29 bits per heavy atom. The van der Waals surface area contributed by atoms with Gasteiger partial charge in [-0.1, -0.05) is 0 Å². The molecule has 0 unspecified atom stereocenters. The molecule has 2 N–H and O–H groups in total. The second-order valence-electron chi connectivity index (χ2n) is 1.18. The Morgan fingerprint density at radius 2 is 1.71 bits per heavy atom. The van der Waals surface area contributed by atoms with Gasteiger partial charge in [-0.05, 0) is 0 Å². The SMILES string of the molecule is O=C1NCCN1.[NaH]. The van der Waals surface area contributed by atoms with E-state index in [9.17, 15) is 4.79 Å². The van der Waals surface area contributed by atoms with Crippen molar-refractivity contribution in [3.05, 3.63) is 0 Å². The predicted molar refractivity (Wildman–Crippen MR) is 28.6 cm³/mol. The summed E-state index contributed by atoms with van der Waals surface area (Å²) in [5.74, 6) is 0. The topological polar surface area (TPSA) is 41.1 Å². The van der Waals surface area contributed by atoms with Gasteiger partial charge in [-0.15, -0.1) is 0 Å². The molecule has 0 aromatic heterocycles. The maximum atomic E-state index is 10.0. The number of amides is 2. The summed E-state index contributed by atoms with van der Waals surface area (Å²) < 4.78 is 0. The number of urea groups is 1. The van der Waals surface area contributed by atoms with Crippen LogP contribution < -0.4 is 10.6 Å². The molecule has 0 atom stereocenters. The number of hydrogen-bond donors (Lipinski definition) is 2. The molecule has 4 heteroatoms. The Kier molecular flexibility index (Phi) is 3.42. The van der Waals surface area contributed by atoms with Crippen molar-refractivity contribution in [3.63, 3.8) is 0 Å². The number of rotatable bonds is 0. The molecule has 0 radical (unpaired) electrons. The van der Waals surface area contributed by atoms with Gasteiger partial charge >= 0.3 is 35.6 Å². The van der Waals surface area contributed by atoms with E-state index in [1.54, 1.807) is 0 Å². The minimum atomic E-state index is -0.0463. The molecule has 2 amide bonds. The van der Waals surface area contributed by atoms with Gasteiger partial charge in [-0.25, -0.2) is 4.79 Å². The molecule has 0 bridgehead atoms. The van der Waals surface area contributed by atoms with Gasteiger partial charge in [0, 0.05) is 13.1 Å². The Hall–Kier alpha value is 0.270. The van der Waals surface area contributed by atoms with Gasteiger partial charge in [-0.3, -0.25) is 0 Å². The van der Waals surface area contributed by atoms with Gasteiger partial charge in [0.2, 0.25) is 0 Å². The van der Waals surface area contributed by atoms with Crippen LogP contribution in [0.4, 0.5) is 4.79 Å². The predicted octanol–water partition coefficient (Wildman–Crippen LogP) is -1.35. The third kappa shape index (κ3) is 2.16. The summed E-state index contributed by atoms with van der Waals surface area (Å²) in [6.45, 7) is 1.55. The monoisotopic (exact) mass is 110 g/mol. The summed E-state index contributed by atoms with van der Waals surface area (Å²) in [6.07, 6.45) is 0. The van der Waals surface area contributed by atoms with E-state index in [-0.39, 0.29) is 35.6 Å². The van der Waals surface area contributed by atoms with Crippen molar-refractivity contribution in [2.75, 3.05) is 13.1 Å².